The van der Waals surface area contributed by atoms with E-state index in [1.165, 1.54) is 295 Å². The molecule has 0 saturated heterocycles. The lowest BCUT2D eigenvalue weighted by Gasteiger charge is -2.18. The van der Waals surface area contributed by atoms with Crippen LogP contribution in [0.4, 0.5) is 0 Å². The lowest BCUT2D eigenvalue weighted by Crippen LogP contribution is -2.30. The maximum atomic E-state index is 12.9. The topological polar surface area (TPSA) is 78.9 Å². The molecule has 0 aromatic carbocycles. The first kappa shape index (κ1) is 73.2. The SMILES string of the molecule is CCCCCCCCCC/C=C\CCCCCCCCCCCCCCCCCCCCCC(=O)OCC(COC(=O)CCCCCCCCCCCCCC)OC(=O)CCCCCCCCCCCCCCCC. The number of rotatable bonds is 64. The number of allylic oxidation sites excluding steroid dienone is 2. The van der Waals surface area contributed by atoms with E-state index in [1.54, 1.807) is 0 Å². The van der Waals surface area contributed by atoms with Gasteiger partial charge in [0.15, 0.2) is 6.10 Å². The fourth-order valence-corrected chi connectivity index (χ4v) is 10.6. The van der Waals surface area contributed by atoms with Gasteiger partial charge in [-0.2, -0.15) is 0 Å². The fraction of sp³-hybridized carbons (Fsp3) is 0.928. The molecule has 0 aromatic rings. The molecule has 1 atom stereocenters. The van der Waals surface area contributed by atoms with Crippen LogP contribution in [0.1, 0.15) is 393 Å². The van der Waals surface area contributed by atoms with Crippen LogP contribution in [0, 0.1) is 0 Å². The van der Waals surface area contributed by atoms with E-state index in [2.05, 4.69) is 32.9 Å². The van der Waals surface area contributed by atoms with Crippen molar-refractivity contribution in [1.82, 2.24) is 0 Å². The minimum atomic E-state index is -0.763. The van der Waals surface area contributed by atoms with Gasteiger partial charge >= 0.3 is 17.9 Å². The molecule has 1 unspecified atom stereocenters. The average molecular weight is 1060 g/mol. The highest BCUT2D eigenvalue weighted by atomic mass is 16.6. The molecule has 0 aromatic heterocycles. The zero-order valence-corrected chi connectivity index (χ0v) is 51.1. The molecular weight excluding hydrogens is 925 g/mol. The van der Waals surface area contributed by atoms with Crippen molar-refractivity contribution in [1.29, 1.82) is 0 Å². The second-order valence-electron chi connectivity index (χ2n) is 23.5. The van der Waals surface area contributed by atoms with Gasteiger partial charge in [0.05, 0.1) is 0 Å². The zero-order valence-electron chi connectivity index (χ0n) is 51.1. The lowest BCUT2D eigenvalue weighted by molar-refractivity contribution is -0.167. The monoisotopic (exact) mass is 1060 g/mol. The molecular formula is C69H132O6. The third-order valence-corrected chi connectivity index (χ3v) is 15.8. The number of ether oxygens (including phenoxy) is 3. The van der Waals surface area contributed by atoms with Crippen molar-refractivity contribution in [3.63, 3.8) is 0 Å². The van der Waals surface area contributed by atoms with E-state index in [0.717, 1.165) is 57.8 Å². The summed E-state index contributed by atoms with van der Waals surface area (Å²) in [5.74, 6) is -0.831. The van der Waals surface area contributed by atoms with Gasteiger partial charge in [-0.25, -0.2) is 0 Å². The summed E-state index contributed by atoms with van der Waals surface area (Å²) in [6, 6.07) is 0. The molecule has 0 aliphatic carbocycles. The van der Waals surface area contributed by atoms with Gasteiger partial charge in [-0.05, 0) is 44.9 Å². The molecule has 6 heteroatoms. The minimum Gasteiger partial charge on any atom is -0.462 e. The van der Waals surface area contributed by atoms with E-state index < -0.39 is 6.10 Å². The Kier molecular flexibility index (Phi) is 63.1. The summed E-state index contributed by atoms with van der Waals surface area (Å²) in [5.41, 5.74) is 0. The predicted molar refractivity (Wildman–Crippen MR) is 326 cm³/mol. The van der Waals surface area contributed by atoms with Crippen molar-refractivity contribution in [2.75, 3.05) is 13.2 Å². The van der Waals surface area contributed by atoms with Crippen LogP contribution < -0.4 is 0 Å². The van der Waals surface area contributed by atoms with Crippen molar-refractivity contribution in [3.05, 3.63) is 12.2 Å². The van der Waals surface area contributed by atoms with Gasteiger partial charge in [-0.3, -0.25) is 14.4 Å². The van der Waals surface area contributed by atoms with E-state index in [4.69, 9.17) is 14.2 Å². The Bertz CT molecular complexity index is 1170. The molecule has 0 spiro atoms. The summed E-state index contributed by atoms with van der Waals surface area (Å²) in [4.78, 5) is 38.2. The zero-order chi connectivity index (χ0) is 54.3. The van der Waals surface area contributed by atoms with Crippen LogP contribution in [0.25, 0.3) is 0 Å². The molecule has 6 nitrogen and oxygen atoms in total. The van der Waals surface area contributed by atoms with Crippen LogP contribution in [0.15, 0.2) is 12.2 Å². The first-order chi connectivity index (χ1) is 37.0. The maximum Gasteiger partial charge on any atom is 0.306 e. The molecule has 0 radical (unpaired) electrons. The summed E-state index contributed by atoms with van der Waals surface area (Å²) in [7, 11) is 0. The molecule has 0 bridgehead atoms. The normalized spacial score (nSPS) is 12.0. The van der Waals surface area contributed by atoms with E-state index in [-0.39, 0.29) is 31.1 Å². The molecule has 444 valence electrons. The van der Waals surface area contributed by atoms with Crippen LogP contribution in [0.3, 0.4) is 0 Å². The number of hydrogen-bond acceptors (Lipinski definition) is 6. The summed E-state index contributed by atoms with van der Waals surface area (Å²) in [6.45, 7) is 6.71. The smallest absolute Gasteiger partial charge is 0.306 e. The van der Waals surface area contributed by atoms with Crippen LogP contribution in [-0.4, -0.2) is 37.2 Å². The molecule has 0 saturated carbocycles. The van der Waals surface area contributed by atoms with E-state index in [1.807, 2.05) is 0 Å². The van der Waals surface area contributed by atoms with Gasteiger partial charge < -0.3 is 14.2 Å². The largest absolute Gasteiger partial charge is 0.462 e. The van der Waals surface area contributed by atoms with Gasteiger partial charge in [0, 0.05) is 19.3 Å². The molecule has 0 amide bonds. The van der Waals surface area contributed by atoms with E-state index in [0.29, 0.717) is 19.3 Å². The minimum absolute atomic E-state index is 0.0622. The Morgan fingerprint density at radius 3 is 0.667 bits per heavy atom. The number of carbonyl (C=O) groups is 3. The summed E-state index contributed by atoms with van der Waals surface area (Å²) >= 11 is 0. The number of carbonyl (C=O) groups excluding carboxylic acids is 3. The molecule has 0 rings (SSSR count). The molecule has 0 heterocycles. The maximum absolute atomic E-state index is 12.9. The van der Waals surface area contributed by atoms with Gasteiger partial charge in [0.1, 0.15) is 13.2 Å². The first-order valence-electron chi connectivity index (χ1n) is 34.2. The molecule has 75 heavy (non-hydrogen) atoms. The van der Waals surface area contributed by atoms with Gasteiger partial charge in [0.25, 0.3) is 0 Å². The third kappa shape index (κ3) is 62.9. The Labute approximate surface area is 469 Å². The summed E-state index contributed by atoms with van der Waals surface area (Å²) in [6.07, 6.45) is 76.8. The quantitative estimate of drug-likeness (QED) is 0.0261. The third-order valence-electron chi connectivity index (χ3n) is 15.8. The lowest BCUT2D eigenvalue weighted by atomic mass is 10.0. The Morgan fingerprint density at radius 2 is 0.440 bits per heavy atom. The Hall–Kier alpha value is -1.85. The second-order valence-corrected chi connectivity index (χ2v) is 23.5. The van der Waals surface area contributed by atoms with Crippen LogP contribution in [0.2, 0.25) is 0 Å². The average Bonchev–Trinajstić information content (AvgIpc) is 3.41. The van der Waals surface area contributed by atoms with Crippen molar-refractivity contribution in [2.45, 2.75) is 399 Å². The fourth-order valence-electron chi connectivity index (χ4n) is 10.6. The van der Waals surface area contributed by atoms with Gasteiger partial charge in [-0.15, -0.1) is 0 Å². The first-order valence-corrected chi connectivity index (χ1v) is 34.2. The summed E-state index contributed by atoms with van der Waals surface area (Å²) < 4.78 is 16.9. The molecule has 0 aliphatic heterocycles. The second kappa shape index (κ2) is 64.7. The molecule has 0 fully saturated rings. The Balaban J connectivity index is 4.06. The van der Waals surface area contributed by atoms with Crippen molar-refractivity contribution in [3.8, 4) is 0 Å². The Morgan fingerprint density at radius 1 is 0.253 bits per heavy atom. The van der Waals surface area contributed by atoms with E-state index in [9.17, 15) is 14.4 Å². The van der Waals surface area contributed by atoms with Crippen LogP contribution >= 0.6 is 0 Å². The van der Waals surface area contributed by atoms with Gasteiger partial charge in [0.2, 0.25) is 0 Å². The summed E-state index contributed by atoms with van der Waals surface area (Å²) in [5, 5.41) is 0. The molecule has 0 N–H and O–H groups in total. The number of esters is 3. The van der Waals surface area contributed by atoms with Crippen LogP contribution in [-0.2, 0) is 28.6 Å². The highest BCUT2D eigenvalue weighted by Gasteiger charge is 2.19. The van der Waals surface area contributed by atoms with E-state index >= 15 is 0 Å². The van der Waals surface area contributed by atoms with Crippen molar-refractivity contribution in [2.24, 2.45) is 0 Å². The van der Waals surface area contributed by atoms with Crippen LogP contribution in [0.5, 0.6) is 0 Å². The van der Waals surface area contributed by atoms with Crippen molar-refractivity contribution >= 4 is 17.9 Å². The highest BCUT2D eigenvalue weighted by molar-refractivity contribution is 5.71. The van der Waals surface area contributed by atoms with Crippen molar-refractivity contribution < 1.29 is 28.6 Å². The highest BCUT2D eigenvalue weighted by Crippen LogP contribution is 2.19. The number of unbranched alkanes of at least 4 members (excludes halogenated alkanes) is 51. The molecule has 0 aliphatic rings. The van der Waals surface area contributed by atoms with Gasteiger partial charge in [-0.1, -0.05) is 341 Å². The standard InChI is InChI=1S/C69H132O6/c1-4-7-10-13-16-19-22-25-27-28-29-30-31-32-33-34-35-36-37-38-39-40-41-42-43-45-47-50-53-56-59-62-68(71)74-65-66(64-73-67(70)61-58-55-52-49-46-24-21-18-15-12-9-6-3)75-69(72)63-60-57-54-51-48-44-26-23-20-17-14-11-8-5-2/h28-29,66H,4-27,30-65H2,1-3H3/b29-28-. The number of hydrogen-bond donors (Lipinski definition) is 0. The predicted octanol–water partition coefficient (Wildman–Crippen LogP) is 23.2.